The molecule has 7 heteroatoms. The van der Waals surface area contributed by atoms with E-state index >= 15 is 0 Å². The summed E-state index contributed by atoms with van der Waals surface area (Å²) in [6.07, 6.45) is 22.4. The third-order valence-corrected chi connectivity index (χ3v) is 6.58. The molecule has 0 atom stereocenters. The number of hydrogen-bond acceptors (Lipinski definition) is 5. The molecule has 0 bridgehead atoms. The van der Waals surface area contributed by atoms with Crippen LogP contribution in [-0.4, -0.2) is 55.7 Å². The van der Waals surface area contributed by atoms with E-state index in [4.69, 9.17) is 14.2 Å². The van der Waals surface area contributed by atoms with E-state index in [0.29, 0.717) is 10.8 Å². The molecule has 0 radical (unpaired) electrons. The van der Waals surface area contributed by atoms with E-state index < -0.39 is 0 Å². The number of imidazole rings is 2. The van der Waals surface area contributed by atoms with Crippen molar-refractivity contribution < 1.29 is 14.2 Å². The zero-order chi connectivity index (χ0) is 39.3. The van der Waals surface area contributed by atoms with E-state index in [0.717, 1.165) is 45.8 Å². The summed E-state index contributed by atoms with van der Waals surface area (Å²) in [5.74, 6) is 0. The van der Waals surface area contributed by atoms with Crippen molar-refractivity contribution in [3.8, 4) is 0 Å². The summed E-state index contributed by atoms with van der Waals surface area (Å²) in [4.78, 5) is 7.97. The minimum atomic E-state index is -0.0189. The van der Waals surface area contributed by atoms with Gasteiger partial charge in [-0.3, -0.25) is 0 Å². The minimum absolute atomic E-state index is 0.0189. The van der Waals surface area contributed by atoms with Crippen molar-refractivity contribution in [1.29, 1.82) is 0 Å². The van der Waals surface area contributed by atoms with Crippen molar-refractivity contribution in [2.75, 3.05) is 19.8 Å². The van der Waals surface area contributed by atoms with Crippen LogP contribution in [0, 0.1) is 10.8 Å². The lowest BCUT2D eigenvalue weighted by Gasteiger charge is -2.19. The molecule has 0 saturated carbocycles. The lowest BCUT2D eigenvalue weighted by Crippen LogP contribution is -2.20. The van der Waals surface area contributed by atoms with Gasteiger partial charge >= 0.3 is 0 Å². The SMILES string of the molecule is CC(C)(C)CCCn1ccnc1.CC(C)(C)OCCCn1ccnc1.CCCC(C)(C)C.CCCCCOC(C)(C)C.CCCOC(C)(C)C. The molecule has 0 N–H and O–H groups in total. The number of hydrogen-bond donors (Lipinski definition) is 0. The fraction of sp³-hybridized carbons (Fsp3) is 0.860. The molecule has 50 heavy (non-hydrogen) atoms. The van der Waals surface area contributed by atoms with Gasteiger partial charge in [0, 0.05) is 57.7 Å². The second-order valence-corrected chi connectivity index (χ2v) is 18.5. The normalized spacial score (nSPS) is 12.0. The van der Waals surface area contributed by atoms with E-state index in [1.165, 1.54) is 44.9 Å². The predicted octanol–water partition coefficient (Wildman–Crippen LogP) is 12.8. The van der Waals surface area contributed by atoms with Gasteiger partial charge < -0.3 is 23.3 Å². The average Bonchev–Trinajstić information content (AvgIpc) is 3.66. The quantitative estimate of drug-likeness (QED) is 0.183. The third-order valence-electron chi connectivity index (χ3n) is 6.58. The van der Waals surface area contributed by atoms with Crippen LogP contribution in [0.2, 0.25) is 0 Å². The summed E-state index contributed by atoms with van der Waals surface area (Å²) in [5.41, 5.74) is 1.09. The molecule has 0 aliphatic carbocycles. The maximum atomic E-state index is 5.59. The summed E-state index contributed by atoms with van der Waals surface area (Å²) in [5, 5.41) is 0. The van der Waals surface area contributed by atoms with E-state index in [2.05, 4.69) is 144 Å². The molecule has 0 unspecified atom stereocenters. The molecule has 2 aromatic rings. The van der Waals surface area contributed by atoms with Crippen LogP contribution in [0.5, 0.6) is 0 Å². The maximum Gasteiger partial charge on any atom is 0.0945 e. The average molecular weight is 709 g/mol. The number of aryl methyl sites for hydroxylation is 2. The van der Waals surface area contributed by atoms with E-state index in [9.17, 15) is 0 Å². The molecule has 0 aromatic carbocycles. The Morgan fingerprint density at radius 3 is 1.12 bits per heavy atom. The van der Waals surface area contributed by atoms with Gasteiger partial charge in [0.1, 0.15) is 0 Å². The summed E-state index contributed by atoms with van der Waals surface area (Å²) in [7, 11) is 0. The summed E-state index contributed by atoms with van der Waals surface area (Å²) in [6.45, 7) is 43.6. The first kappa shape index (κ1) is 52.7. The lowest BCUT2D eigenvalue weighted by molar-refractivity contribution is -0.00544. The predicted molar refractivity (Wildman–Crippen MR) is 219 cm³/mol. The topological polar surface area (TPSA) is 63.3 Å². The molecule has 0 fully saturated rings. The highest BCUT2D eigenvalue weighted by atomic mass is 16.5. The summed E-state index contributed by atoms with van der Waals surface area (Å²) < 4.78 is 20.7. The number of rotatable bonds is 14. The molecule has 0 saturated heterocycles. The number of nitrogens with zero attached hydrogens (tertiary/aromatic N) is 4. The van der Waals surface area contributed by atoms with E-state index in [1.807, 2.05) is 31.2 Å². The Balaban J connectivity index is -0.000000563. The van der Waals surface area contributed by atoms with E-state index in [1.54, 1.807) is 6.20 Å². The van der Waals surface area contributed by atoms with Crippen LogP contribution in [0.4, 0.5) is 0 Å². The second-order valence-electron chi connectivity index (χ2n) is 18.5. The standard InChI is InChI=1S/C10H18N2O.C10H18N2.C9H20O.C7H16O.C7H16/c1-10(2,3)13-8-4-6-12-7-5-11-9-12;1-10(2,3)5-4-7-12-8-6-11-9-12;1-5-6-7-8-10-9(2,3)4;1-5-6-8-7(2,3)4;1-5-6-7(2,3)4/h5,7,9H,4,6,8H2,1-3H3;6,8-9H,4-5,7H2,1-3H3;5-8H2,1-4H3;5-6H2,1-4H3;5-6H2,1-4H3. The van der Waals surface area contributed by atoms with Gasteiger partial charge in [0.25, 0.3) is 0 Å². The molecule has 2 rings (SSSR count). The van der Waals surface area contributed by atoms with Crippen molar-refractivity contribution in [2.45, 2.75) is 212 Å². The smallest absolute Gasteiger partial charge is 0.0945 e. The largest absolute Gasteiger partial charge is 0.376 e. The summed E-state index contributed by atoms with van der Waals surface area (Å²) >= 11 is 0. The van der Waals surface area contributed by atoms with E-state index in [-0.39, 0.29) is 16.8 Å². The molecular weight excluding hydrogens is 620 g/mol. The molecule has 0 spiro atoms. The Kier molecular flexibility index (Phi) is 30.4. The first-order valence-electron chi connectivity index (χ1n) is 19.7. The van der Waals surface area contributed by atoms with Crippen LogP contribution >= 0.6 is 0 Å². The number of ether oxygens (including phenoxy) is 3. The highest BCUT2D eigenvalue weighted by Gasteiger charge is 2.10. The van der Waals surface area contributed by atoms with Gasteiger partial charge in [-0.25, -0.2) is 9.97 Å². The van der Waals surface area contributed by atoms with Gasteiger partial charge in [0.2, 0.25) is 0 Å². The van der Waals surface area contributed by atoms with Gasteiger partial charge in [-0.2, -0.15) is 0 Å². The van der Waals surface area contributed by atoms with Crippen molar-refractivity contribution in [2.24, 2.45) is 10.8 Å². The Bertz CT molecular complexity index is 937. The fourth-order valence-electron chi connectivity index (χ4n) is 4.14. The minimum Gasteiger partial charge on any atom is -0.376 e. The van der Waals surface area contributed by atoms with Gasteiger partial charge in [0.05, 0.1) is 29.5 Å². The Morgan fingerprint density at radius 1 is 0.440 bits per heavy atom. The van der Waals surface area contributed by atoms with Crippen LogP contribution in [0.1, 0.15) is 182 Å². The highest BCUT2D eigenvalue weighted by Crippen LogP contribution is 2.21. The Morgan fingerprint density at radius 2 is 0.840 bits per heavy atom. The molecule has 0 aliphatic heterocycles. The Hall–Kier alpha value is -1.70. The van der Waals surface area contributed by atoms with Gasteiger partial charge in [-0.05, 0) is 112 Å². The zero-order valence-electron chi connectivity index (χ0n) is 36.9. The molecule has 7 nitrogen and oxygen atoms in total. The fourth-order valence-corrected chi connectivity index (χ4v) is 4.14. The molecule has 298 valence electrons. The van der Waals surface area contributed by atoms with Crippen molar-refractivity contribution in [3.63, 3.8) is 0 Å². The monoisotopic (exact) mass is 709 g/mol. The van der Waals surface area contributed by atoms with Crippen LogP contribution in [0.15, 0.2) is 37.4 Å². The molecule has 2 aromatic heterocycles. The summed E-state index contributed by atoms with van der Waals surface area (Å²) in [6, 6.07) is 0. The van der Waals surface area contributed by atoms with Gasteiger partial charge in [-0.15, -0.1) is 0 Å². The first-order chi connectivity index (χ1) is 22.8. The first-order valence-corrected chi connectivity index (χ1v) is 19.7. The molecule has 2 heterocycles. The number of aromatic nitrogens is 4. The highest BCUT2D eigenvalue weighted by molar-refractivity contribution is 4.75. The molecule has 0 amide bonds. The van der Waals surface area contributed by atoms with Crippen molar-refractivity contribution >= 4 is 0 Å². The van der Waals surface area contributed by atoms with Crippen molar-refractivity contribution in [3.05, 3.63) is 37.4 Å². The molecule has 0 aliphatic rings. The van der Waals surface area contributed by atoms with Crippen molar-refractivity contribution in [1.82, 2.24) is 19.1 Å². The Labute approximate surface area is 313 Å². The van der Waals surface area contributed by atoms with Crippen LogP contribution in [-0.2, 0) is 27.3 Å². The second kappa shape index (κ2) is 28.8. The van der Waals surface area contributed by atoms with Crippen LogP contribution in [0.3, 0.4) is 0 Å². The van der Waals surface area contributed by atoms with Gasteiger partial charge in [0.15, 0.2) is 0 Å². The van der Waals surface area contributed by atoms with Crippen LogP contribution in [0.25, 0.3) is 0 Å². The number of unbranched alkanes of at least 4 members (excludes halogenated alkanes) is 2. The van der Waals surface area contributed by atoms with Gasteiger partial charge in [-0.1, -0.05) is 81.6 Å². The lowest BCUT2D eigenvalue weighted by atomic mass is 9.91. The third kappa shape index (κ3) is 50.7. The molecular formula is C43H88N4O3. The van der Waals surface area contributed by atoms with Crippen LogP contribution < -0.4 is 0 Å². The maximum absolute atomic E-state index is 5.59. The zero-order valence-corrected chi connectivity index (χ0v) is 36.9.